The Hall–Kier alpha value is -3.21. The standard InChI is InChI=1S/C22H21N3O2/c1-15-12-18(27-2)8-9-19(15)22(26)25-11-10-20-17(14-25)13-23-21(24-20)16-6-4-3-5-7-16/h3-9,12-13H,10-11,14H2,1-2H3. The van der Waals surface area contributed by atoms with E-state index in [4.69, 9.17) is 9.72 Å². The van der Waals surface area contributed by atoms with E-state index in [2.05, 4.69) is 4.98 Å². The van der Waals surface area contributed by atoms with Crippen molar-refractivity contribution in [2.75, 3.05) is 13.7 Å². The second kappa shape index (κ2) is 7.19. The van der Waals surface area contributed by atoms with Crippen molar-refractivity contribution in [3.05, 3.63) is 77.1 Å². The molecule has 0 bridgehead atoms. The van der Waals surface area contributed by atoms with Crippen molar-refractivity contribution in [3.8, 4) is 17.1 Å². The Kier molecular flexibility index (Phi) is 4.59. The summed E-state index contributed by atoms with van der Waals surface area (Å²) in [6, 6.07) is 15.5. The first-order valence-corrected chi connectivity index (χ1v) is 9.00. The van der Waals surface area contributed by atoms with Crippen LogP contribution < -0.4 is 4.74 Å². The maximum atomic E-state index is 13.0. The number of rotatable bonds is 3. The molecule has 0 saturated carbocycles. The molecule has 0 atom stereocenters. The van der Waals surface area contributed by atoms with Gasteiger partial charge < -0.3 is 9.64 Å². The number of ether oxygens (including phenoxy) is 1. The summed E-state index contributed by atoms with van der Waals surface area (Å²) in [6.07, 6.45) is 2.59. The predicted octanol–water partition coefficient (Wildman–Crippen LogP) is 3.66. The van der Waals surface area contributed by atoms with E-state index in [9.17, 15) is 4.79 Å². The smallest absolute Gasteiger partial charge is 0.254 e. The van der Waals surface area contributed by atoms with Crippen molar-refractivity contribution >= 4 is 5.91 Å². The minimum Gasteiger partial charge on any atom is -0.497 e. The van der Waals surface area contributed by atoms with Crippen LogP contribution in [0.4, 0.5) is 0 Å². The number of amides is 1. The monoisotopic (exact) mass is 359 g/mol. The third-order valence-electron chi connectivity index (χ3n) is 4.92. The Bertz CT molecular complexity index is 986. The zero-order valence-corrected chi connectivity index (χ0v) is 15.5. The van der Waals surface area contributed by atoms with Gasteiger partial charge in [0.2, 0.25) is 0 Å². The fourth-order valence-electron chi connectivity index (χ4n) is 3.39. The van der Waals surface area contributed by atoms with E-state index >= 15 is 0 Å². The highest BCUT2D eigenvalue weighted by molar-refractivity contribution is 5.96. The molecule has 5 heteroatoms. The average Bonchev–Trinajstić information content (AvgIpc) is 2.73. The predicted molar refractivity (Wildman–Crippen MR) is 104 cm³/mol. The van der Waals surface area contributed by atoms with Crippen LogP contribution in [0.5, 0.6) is 5.75 Å². The van der Waals surface area contributed by atoms with Crippen LogP contribution in [0.1, 0.15) is 27.2 Å². The van der Waals surface area contributed by atoms with Crippen LogP contribution >= 0.6 is 0 Å². The Labute approximate surface area is 158 Å². The fourth-order valence-corrected chi connectivity index (χ4v) is 3.39. The van der Waals surface area contributed by atoms with Crippen molar-refractivity contribution in [2.24, 2.45) is 0 Å². The van der Waals surface area contributed by atoms with E-state index < -0.39 is 0 Å². The SMILES string of the molecule is COc1ccc(C(=O)N2CCc3nc(-c4ccccc4)ncc3C2)c(C)c1. The highest BCUT2D eigenvalue weighted by Gasteiger charge is 2.24. The van der Waals surface area contributed by atoms with Crippen LogP contribution in [0, 0.1) is 6.92 Å². The van der Waals surface area contributed by atoms with Crippen LogP contribution in [0.2, 0.25) is 0 Å². The average molecular weight is 359 g/mol. The summed E-state index contributed by atoms with van der Waals surface area (Å²) in [4.78, 5) is 24.1. The van der Waals surface area contributed by atoms with E-state index in [1.807, 2.05) is 66.6 Å². The lowest BCUT2D eigenvalue weighted by atomic mass is 10.0. The molecular formula is C22H21N3O2. The molecule has 2 heterocycles. The second-order valence-electron chi connectivity index (χ2n) is 6.69. The van der Waals surface area contributed by atoms with Gasteiger partial charge in [-0.3, -0.25) is 4.79 Å². The summed E-state index contributed by atoms with van der Waals surface area (Å²) in [5, 5.41) is 0. The zero-order valence-electron chi connectivity index (χ0n) is 15.5. The van der Waals surface area contributed by atoms with Crippen molar-refractivity contribution in [1.29, 1.82) is 0 Å². The topological polar surface area (TPSA) is 55.3 Å². The number of carbonyl (C=O) groups is 1. The quantitative estimate of drug-likeness (QED) is 0.716. The van der Waals surface area contributed by atoms with Crippen LogP contribution in [0.25, 0.3) is 11.4 Å². The highest BCUT2D eigenvalue weighted by atomic mass is 16.5. The van der Waals surface area contributed by atoms with Crippen molar-refractivity contribution in [2.45, 2.75) is 19.9 Å². The van der Waals surface area contributed by atoms with Gasteiger partial charge in [-0.1, -0.05) is 30.3 Å². The molecule has 27 heavy (non-hydrogen) atoms. The number of methoxy groups -OCH3 is 1. The Balaban J connectivity index is 1.56. The summed E-state index contributed by atoms with van der Waals surface area (Å²) in [7, 11) is 1.63. The number of aromatic nitrogens is 2. The van der Waals surface area contributed by atoms with Gasteiger partial charge in [-0.25, -0.2) is 9.97 Å². The van der Waals surface area contributed by atoms with Gasteiger partial charge in [-0.15, -0.1) is 0 Å². The molecule has 0 N–H and O–H groups in total. The maximum Gasteiger partial charge on any atom is 0.254 e. The molecule has 3 aromatic rings. The minimum absolute atomic E-state index is 0.0351. The molecule has 0 saturated heterocycles. The first-order chi connectivity index (χ1) is 13.2. The van der Waals surface area contributed by atoms with Crippen molar-refractivity contribution < 1.29 is 9.53 Å². The maximum absolute atomic E-state index is 13.0. The van der Waals surface area contributed by atoms with Gasteiger partial charge in [-0.05, 0) is 30.7 Å². The van der Waals surface area contributed by atoms with E-state index in [1.54, 1.807) is 7.11 Å². The first kappa shape index (κ1) is 17.2. The summed E-state index contributed by atoms with van der Waals surface area (Å²) in [5.41, 5.74) is 4.68. The first-order valence-electron chi connectivity index (χ1n) is 9.00. The largest absolute Gasteiger partial charge is 0.497 e. The Morgan fingerprint density at radius 3 is 2.70 bits per heavy atom. The molecule has 0 radical (unpaired) electrons. The summed E-state index contributed by atoms with van der Waals surface area (Å²) < 4.78 is 5.23. The third kappa shape index (κ3) is 3.40. The molecule has 1 aromatic heterocycles. The summed E-state index contributed by atoms with van der Waals surface area (Å²) >= 11 is 0. The molecule has 0 unspecified atom stereocenters. The molecule has 136 valence electrons. The van der Waals surface area contributed by atoms with Crippen LogP contribution in [0.3, 0.4) is 0 Å². The van der Waals surface area contributed by atoms with Gasteiger partial charge in [0.1, 0.15) is 5.75 Å². The molecule has 2 aromatic carbocycles. The molecule has 0 aliphatic carbocycles. The molecule has 5 nitrogen and oxygen atoms in total. The van der Waals surface area contributed by atoms with E-state index in [0.717, 1.165) is 40.4 Å². The number of nitrogens with zero attached hydrogens (tertiary/aromatic N) is 3. The van der Waals surface area contributed by atoms with Gasteiger partial charge in [-0.2, -0.15) is 0 Å². The molecule has 0 spiro atoms. The summed E-state index contributed by atoms with van der Waals surface area (Å²) in [6.45, 7) is 3.13. The summed E-state index contributed by atoms with van der Waals surface area (Å²) in [5.74, 6) is 1.53. The lowest BCUT2D eigenvalue weighted by Crippen LogP contribution is -2.36. The van der Waals surface area contributed by atoms with Gasteiger partial charge in [0, 0.05) is 42.4 Å². The van der Waals surface area contributed by atoms with Crippen LogP contribution in [-0.2, 0) is 13.0 Å². The Morgan fingerprint density at radius 2 is 1.96 bits per heavy atom. The second-order valence-corrected chi connectivity index (χ2v) is 6.69. The normalized spacial score (nSPS) is 13.2. The fraction of sp³-hybridized carbons (Fsp3) is 0.227. The van der Waals surface area contributed by atoms with Crippen LogP contribution in [-0.4, -0.2) is 34.4 Å². The molecule has 0 fully saturated rings. The minimum atomic E-state index is 0.0351. The molecule has 1 aliphatic heterocycles. The number of hydrogen-bond acceptors (Lipinski definition) is 4. The van der Waals surface area contributed by atoms with Gasteiger partial charge in [0.25, 0.3) is 5.91 Å². The van der Waals surface area contributed by atoms with E-state index in [-0.39, 0.29) is 5.91 Å². The molecule has 1 amide bonds. The number of fused-ring (bicyclic) bond motifs is 1. The number of hydrogen-bond donors (Lipinski definition) is 0. The number of carbonyl (C=O) groups excluding carboxylic acids is 1. The highest BCUT2D eigenvalue weighted by Crippen LogP contribution is 2.24. The van der Waals surface area contributed by atoms with Crippen molar-refractivity contribution in [3.63, 3.8) is 0 Å². The Morgan fingerprint density at radius 1 is 1.15 bits per heavy atom. The molecular weight excluding hydrogens is 338 g/mol. The van der Waals surface area contributed by atoms with E-state index in [1.165, 1.54) is 0 Å². The van der Waals surface area contributed by atoms with E-state index in [0.29, 0.717) is 18.7 Å². The number of aryl methyl sites for hydroxylation is 1. The number of benzene rings is 2. The lowest BCUT2D eigenvalue weighted by molar-refractivity contribution is 0.0732. The van der Waals surface area contributed by atoms with Gasteiger partial charge in [0.15, 0.2) is 5.82 Å². The lowest BCUT2D eigenvalue weighted by Gasteiger charge is -2.28. The van der Waals surface area contributed by atoms with Crippen LogP contribution in [0.15, 0.2) is 54.7 Å². The third-order valence-corrected chi connectivity index (χ3v) is 4.92. The zero-order chi connectivity index (χ0) is 18.8. The van der Waals surface area contributed by atoms with Crippen molar-refractivity contribution in [1.82, 2.24) is 14.9 Å². The van der Waals surface area contributed by atoms with Gasteiger partial charge >= 0.3 is 0 Å². The van der Waals surface area contributed by atoms with Gasteiger partial charge in [0.05, 0.1) is 12.8 Å². The molecule has 4 rings (SSSR count). The molecule has 1 aliphatic rings.